The van der Waals surface area contributed by atoms with E-state index in [-0.39, 0.29) is 12.1 Å². The first kappa shape index (κ1) is 12.0. The van der Waals surface area contributed by atoms with Crippen molar-refractivity contribution < 1.29 is 4.79 Å². The largest absolute Gasteiger partial charge is 0.276 e. The summed E-state index contributed by atoms with van der Waals surface area (Å²) in [4.78, 5) is 10.9. The SMILES string of the molecule is CC1(C)C=CC(C(=O)Cl)=CC1(I)I. The molecule has 1 aliphatic rings. The quantitative estimate of drug-likeness (QED) is 0.357. The fourth-order valence-corrected chi connectivity index (χ4v) is 2.11. The zero-order valence-electron chi connectivity index (χ0n) is 7.27. The van der Waals surface area contributed by atoms with Crippen LogP contribution >= 0.6 is 56.8 Å². The molecule has 0 heterocycles. The first-order valence-electron chi connectivity index (χ1n) is 3.76. The van der Waals surface area contributed by atoms with Crippen LogP contribution in [0, 0.1) is 5.41 Å². The third kappa shape index (κ3) is 2.47. The van der Waals surface area contributed by atoms with Crippen LogP contribution in [0.15, 0.2) is 23.8 Å². The molecule has 0 bridgehead atoms. The maximum absolute atomic E-state index is 10.9. The number of rotatable bonds is 1. The summed E-state index contributed by atoms with van der Waals surface area (Å²) in [7, 11) is 0. The fraction of sp³-hybridized carbons (Fsp3) is 0.444. The second kappa shape index (κ2) is 3.81. The monoisotopic (exact) mass is 422 g/mol. The average Bonchev–Trinajstić information content (AvgIpc) is 1.94. The van der Waals surface area contributed by atoms with Gasteiger partial charge in [-0.1, -0.05) is 71.2 Å². The van der Waals surface area contributed by atoms with Gasteiger partial charge in [0.1, 0.15) is 1.43 Å². The van der Waals surface area contributed by atoms with Crippen molar-refractivity contribution in [2.45, 2.75) is 15.3 Å². The molecule has 0 aromatic carbocycles. The number of hydrogen-bond acceptors (Lipinski definition) is 1. The molecule has 0 aliphatic heterocycles. The highest BCUT2D eigenvalue weighted by atomic mass is 127. The fourth-order valence-electron chi connectivity index (χ4n) is 0.961. The summed E-state index contributed by atoms with van der Waals surface area (Å²) < 4.78 is -0.0862. The van der Waals surface area contributed by atoms with Gasteiger partial charge in [-0.3, -0.25) is 4.79 Å². The highest BCUT2D eigenvalue weighted by Crippen LogP contribution is 2.50. The first-order valence-corrected chi connectivity index (χ1v) is 6.29. The van der Waals surface area contributed by atoms with Crippen molar-refractivity contribution in [2.75, 3.05) is 0 Å². The van der Waals surface area contributed by atoms with Crippen molar-refractivity contribution in [2.24, 2.45) is 5.41 Å². The third-order valence-electron chi connectivity index (χ3n) is 2.10. The predicted molar refractivity (Wildman–Crippen MR) is 72.6 cm³/mol. The number of hydrogen-bond donors (Lipinski definition) is 0. The van der Waals surface area contributed by atoms with Crippen LogP contribution in [0.1, 0.15) is 13.8 Å². The Morgan fingerprint density at radius 3 is 2.38 bits per heavy atom. The van der Waals surface area contributed by atoms with Crippen LogP contribution in [0.4, 0.5) is 0 Å². The molecule has 0 fully saturated rings. The van der Waals surface area contributed by atoms with Crippen LogP contribution in [0.2, 0.25) is 0 Å². The van der Waals surface area contributed by atoms with Gasteiger partial charge >= 0.3 is 0 Å². The number of allylic oxidation sites excluding steroid dienone is 4. The van der Waals surface area contributed by atoms with Gasteiger partial charge in [-0.25, -0.2) is 0 Å². The van der Waals surface area contributed by atoms with Gasteiger partial charge in [-0.05, 0) is 17.7 Å². The molecular weight excluding hydrogens is 413 g/mol. The van der Waals surface area contributed by atoms with E-state index in [4.69, 9.17) is 11.6 Å². The molecule has 0 saturated carbocycles. The normalized spacial score (nSPS) is 23.9. The van der Waals surface area contributed by atoms with Gasteiger partial charge < -0.3 is 0 Å². The van der Waals surface area contributed by atoms with E-state index in [1.807, 2.05) is 12.2 Å². The van der Waals surface area contributed by atoms with Crippen LogP contribution in [0.25, 0.3) is 0 Å². The Labute approximate surface area is 110 Å². The number of halogens is 3. The highest BCUT2D eigenvalue weighted by molar-refractivity contribution is 14.2. The zero-order chi connectivity index (χ0) is 10.3. The molecule has 0 atom stereocenters. The van der Waals surface area contributed by atoms with Gasteiger partial charge in [0.25, 0.3) is 5.24 Å². The van der Waals surface area contributed by atoms with Crippen molar-refractivity contribution in [3.63, 3.8) is 0 Å². The highest BCUT2D eigenvalue weighted by Gasteiger charge is 2.39. The Morgan fingerprint density at radius 2 is 2.00 bits per heavy atom. The van der Waals surface area contributed by atoms with Crippen molar-refractivity contribution in [3.8, 4) is 0 Å². The summed E-state index contributed by atoms with van der Waals surface area (Å²) in [5.41, 5.74) is 0.633. The summed E-state index contributed by atoms with van der Waals surface area (Å²) in [5, 5.41) is -0.385. The minimum absolute atomic E-state index is 0.0456. The van der Waals surface area contributed by atoms with Crippen LogP contribution in [-0.2, 0) is 4.79 Å². The van der Waals surface area contributed by atoms with E-state index in [1.165, 1.54) is 0 Å². The van der Waals surface area contributed by atoms with Crippen molar-refractivity contribution in [1.82, 2.24) is 0 Å². The molecule has 0 aromatic heterocycles. The molecule has 0 unspecified atom stereocenters. The van der Waals surface area contributed by atoms with E-state index >= 15 is 0 Å². The van der Waals surface area contributed by atoms with Crippen molar-refractivity contribution >= 4 is 62.0 Å². The first-order chi connectivity index (χ1) is 5.76. The lowest BCUT2D eigenvalue weighted by atomic mass is 9.84. The van der Waals surface area contributed by atoms with Gasteiger partial charge in [-0.15, -0.1) is 0 Å². The minimum atomic E-state index is -0.385. The molecule has 0 radical (unpaired) electrons. The van der Waals surface area contributed by atoms with E-state index in [0.717, 1.165) is 0 Å². The molecule has 1 nitrogen and oxygen atoms in total. The average molecular weight is 422 g/mol. The van der Waals surface area contributed by atoms with Crippen molar-refractivity contribution in [3.05, 3.63) is 23.8 Å². The summed E-state index contributed by atoms with van der Waals surface area (Å²) in [6.45, 7) is 4.27. The van der Waals surface area contributed by atoms with Crippen LogP contribution in [0.3, 0.4) is 0 Å². The Balaban J connectivity index is 3.09. The van der Waals surface area contributed by atoms with E-state index in [0.29, 0.717) is 5.57 Å². The van der Waals surface area contributed by atoms with Crippen molar-refractivity contribution in [1.29, 1.82) is 0 Å². The Kier molecular flexibility index (Phi) is 3.51. The van der Waals surface area contributed by atoms with Gasteiger partial charge in [0, 0.05) is 11.0 Å². The summed E-state index contributed by atoms with van der Waals surface area (Å²) in [6, 6.07) is 0. The minimum Gasteiger partial charge on any atom is -0.276 e. The molecule has 0 spiro atoms. The van der Waals surface area contributed by atoms with Crippen LogP contribution < -0.4 is 0 Å². The molecule has 0 aromatic rings. The second-order valence-corrected chi connectivity index (χ2v) is 9.36. The topological polar surface area (TPSA) is 17.1 Å². The zero-order valence-corrected chi connectivity index (χ0v) is 12.3. The molecule has 72 valence electrons. The number of alkyl halides is 2. The number of carbonyl (C=O) groups is 1. The summed E-state index contributed by atoms with van der Waals surface area (Å²) >= 11 is 10.1. The molecule has 4 heteroatoms. The van der Waals surface area contributed by atoms with Gasteiger partial charge in [0.15, 0.2) is 0 Å². The maximum Gasteiger partial charge on any atom is 0.252 e. The van der Waals surface area contributed by atoms with Crippen LogP contribution in [0.5, 0.6) is 0 Å². The van der Waals surface area contributed by atoms with E-state index in [1.54, 1.807) is 6.08 Å². The van der Waals surface area contributed by atoms with E-state index in [9.17, 15) is 4.79 Å². The second-order valence-electron chi connectivity index (χ2n) is 3.55. The molecule has 0 amide bonds. The van der Waals surface area contributed by atoms with Gasteiger partial charge in [0.05, 0.1) is 0 Å². The molecule has 0 N–H and O–H groups in total. The summed E-state index contributed by atoms with van der Waals surface area (Å²) in [5.74, 6) is 0. The lowest BCUT2D eigenvalue weighted by molar-refractivity contribution is -0.108. The molecule has 1 rings (SSSR count). The van der Waals surface area contributed by atoms with E-state index in [2.05, 4.69) is 59.0 Å². The molecule has 0 saturated heterocycles. The Bertz CT molecular complexity index is 303. The Morgan fingerprint density at radius 1 is 1.46 bits per heavy atom. The predicted octanol–water partition coefficient (Wildman–Crippen LogP) is 3.84. The van der Waals surface area contributed by atoms with Crippen LogP contribution in [-0.4, -0.2) is 6.67 Å². The summed E-state index contributed by atoms with van der Waals surface area (Å²) in [6.07, 6.45) is 5.75. The lowest BCUT2D eigenvalue weighted by Gasteiger charge is -2.36. The van der Waals surface area contributed by atoms with Gasteiger partial charge in [0.2, 0.25) is 0 Å². The smallest absolute Gasteiger partial charge is 0.252 e. The van der Waals surface area contributed by atoms with Gasteiger partial charge in [-0.2, -0.15) is 0 Å². The Hall–Kier alpha value is 0.900. The number of carbonyl (C=O) groups excluding carboxylic acids is 1. The molecule has 13 heavy (non-hydrogen) atoms. The standard InChI is InChI=1S/C9H9ClI2O/c1-8(2)4-3-6(7(10)13)5-9(8,11)12/h3-5H,1-2H3. The lowest BCUT2D eigenvalue weighted by Crippen LogP contribution is -2.32. The molecule has 1 aliphatic carbocycles. The maximum atomic E-state index is 10.9. The van der Waals surface area contributed by atoms with E-state index < -0.39 is 0 Å². The molecular formula is C9H9ClI2O. The third-order valence-corrected chi connectivity index (χ3v) is 5.72.